The molecule has 1 atom stereocenters. The maximum Gasteiger partial charge on any atom is 0.215 e. The van der Waals surface area contributed by atoms with Gasteiger partial charge in [0.2, 0.25) is 10.0 Å². The van der Waals surface area contributed by atoms with Gasteiger partial charge in [0.05, 0.1) is 11.9 Å². The Morgan fingerprint density at radius 1 is 1.67 bits per heavy atom. The lowest BCUT2D eigenvalue weighted by Gasteiger charge is -2.09. The van der Waals surface area contributed by atoms with Crippen LogP contribution in [0.1, 0.15) is 11.7 Å². The summed E-state index contributed by atoms with van der Waals surface area (Å²) in [4.78, 5) is 0. The van der Waals surface area contributed by atoms with Gasteiger partial charge >= 0.3 is 0 Å². The van der Waals surface area contributed by atoms with E-state index in [1.165, 1.54) is 17.4 Å². The molecule has 0 bridgehead atoms. The number of aliphatic hydroxyl groups is 1. The van der Waals surface area contributed by atoms with Crippen molar-refractivity contribution in [3.05, 3.63) is 35.0 Å². The topological polar surface area (TPSA) is 66.4 Å². The van der Waals surface area contributed by atoms with E-state index in [0.29, 0.717) is 0 Å². The van der Waals surface area contributed by atoms with E-state index in [4.69, 9.17) is 0 Å². The Morgan fingerprint density at radius 2 is 2.40 bits per heavy atom. The van der Waals surface area contributed by atoms with Crippen LogP contribution in [0.25, 0.3) is 0 Å². The third-order valence-corrected chi connectivity index (χ3v) is 3.74. The minimum atomic E-state index is -3.34. The number of sulfonamides is 1. The number of hydrogen-bond acceptors (Lipinski definition) is 4. The molecule has 0 aromatic carbocycles. The first-order valence-electron chi connectivity index (χ1n) is 4.33. The summed E-state index contributed by atoms with van der Waals surface area (Å²) < 4.78 is 24.7. The highest BCUT2D eigenvalue weighted by Gasteiger charge is 2.12. The number of rotatable bonds is 6. The van der Waals surface area contributed by atoms with Crippen molar-refractivity contribution in [3.63, 3.8) is 0 Å². The van der Waals surface area contributed by atoms with Gasteiger partial charge in [0, 0.05) is 6.54 Å². The van der Waals surface area contributed by atoms with Crippen molar-refractivity contribution in [2.75, 3.05) is 12.3 Å². The van der Waals surface area contributed by atoms with Gasteiger partial charge in [0.25, 0.3) is 0 Å². The molecule has 0 aliphatic rings. The molecular formula is C9H13NO3S2. The Balaban J connectivity index is 2.47. The maximum atomic E-state index is 11.2. The van der Waals surface area contributed by atoms with Gasteiger partial charge in [-0.2, -0.15) is 11.3 Å². The fourth-order valence-corrected chi connectivity index (χ4v) is 2.55. The molecule has 0 radical (unpaired) electrons. The van der Waals surface area contributed by atoms with Crippen molar-refractivity contribution < 1.29 is 13.5 Å². The van der Waals surface area contributed by atoms with Crippen LogP contribution in [0.3, 0.4) is 0 Å². The zero-order valence-corrected chi connectivity index (χ0v) is 9.72. The van der Waals surface area contributed by atoms with Crippen molar-refractivity contribution in [2.45, 2.75) is 6.10 Å². The predicted molar refractivity (Wildman–Crippen MR) is 61.3 cm³/mol. The molecule has 6 heteroatoms. The lowest BCUT2D eigenvalue weighted by molar-refractivity contribution is 0.182. The Kier molecular flexibility index (Phi) is 4.46. The predicted octanol–water partition coefficient (Wildman–Crippen LogP) is 0.887. The standard InChI is InChI=1S/C9H13NO3S2/c1-2-5-15(12,13)10-6-9(11)8-3-4-14-7-8/h2-4,7,9-11H,1,5-6H2. The van der Waals surface area contributed by atoms with E-state index >= 15 is 0 Å². The average molecular weight is 247 g/mol. The fraction of sp³-hybridized carbons (Fsp3) is 0.333. The second-order valence-corrected chi connectivity index (χ2v) is 5.62. The fourth-order valence-electron chi connectivity index (χ4n) is 1.00. The molecule has 15 heavy (non-hydrogen) atoms. The molecule has 4 nitrogen and oxygen atoms in total. The summed E-state index contributed by atoms with van der Waals surface area (Å²) in [5.41, 5.74) is 0.723. The Hall–Kier alpha value is -0.690. The molecule has 0 spiro atoms. The molecule has 0 aliphatic carbocycles. The Labute approximate surface area is 93.3 Å². The molecule has 0 fully saturated rings. The maximum absolute atomic E-state index is 11.2. The zero-order chi connectivity index (χ0) is 11.3. The normalized spacial score (nSPS) is 13.7. The van der Waals surface area contributed by atoms with Crippen LogP contribution < -0.4 is 4.72 Å². The van der Waals surface area contributed by atoms with Gasteiger partial charge in [-0.25, -0.2) is 13.1 Å². The first-order valence-corrected chi connectivity index (χ1v) is 6.93. The number of nitrogens with one attached hydrogen (secondary N) is 1. The van der Waals surface area contributed by atoms with Gasteiger partial charge in [0.15, 0.2) is 0 Å². The molecule has 1 rings (SSSR count). The van der Waals surface area contributed by atoms with Crippen molar-refractivity contribution in [1.82, 2.24) is 4.72 Å². The van der Waals surface area contributed by atoms with Crippen LogP contribution in [-0.2, 0) is 10.0 Å². The molecule has 2 N–H and O–H groups in total. The minimum absolute atomic E-state index is 0.00704. The quantitative estimate of drug-likeness (QED) is 0.734. The van der Waals surface area contributed by atoms with E-state index in [9.17, 15) is 13.5 Å². The van der Waals surface area contributed by atoms with E-state index in [1.54, 1.807) is 11.4 Å². The van der Waals surface area contributed by atoms with Gasteiger partial charge in [-0.15, -0.1) is 6.58 Å². The second-order valence-electron chi connectivity index (χ2n) is 2.99. The molecule has 0 saturated heterocycles. The molecule has 1 aromatic heterocycles. The van der Waals surface area contributed by atoms with E-state index in [2.05, 4.69) is 11.3 Å². The SMILES string of the molecule is C=CCS(=O)(=O)NCC(O)c1ccsc1. The highest BCUT2D eigenvalue weighted by molar-refractivity contribution is 7.89. The summed E-state index contributed by atoms with van der Waals surface area (Å²) >= 11 is 1.46. The Morgan fingerprint density at radius 3 is 2.93 bits per heavy atom. The lowest BCUT2D eigenvalue weighted by atomic mass is 10.2. The van der Waals surface area contributed by atoms with Crippen molar-refractivity contribution >= 4 is 21.4 Å². The van der Waals surface area contributed by atoms with Crippen molar-refractivity contribution in [2.24, 2.45) is 0 Å². The number of hydrogen-bond donors (Lipinski definition) is 2. The van der Waals surface area contributed by atoms with Crippen molar-refractivity contribution in [3.8, 4) is 0 Å². The van der Waals surface area contributed by atoms with Crippen molar-refractivity contribution in [1.29, 1.82) is 0 Å². The van der Waals surface area contributed by atoms with Gasteiger partial charge in [-0.1, -0.05) is 6.08 Å². The Bertz CT molecular complexity index is 397. The van der Waals surface area contributed by atoms with Gasteiger partial charge in [0.1, 0.15) is 0 Å². The van der Waals surface area contributed by atoms with E-state index in [-0.39, 0.29) is 12.3 Å². The zero-order valence-electron chi connectivity index (χ0n) is 8.09. The monoisotopic (exact) mass is 247 g/mol. The molecule has 0 amide bonds. The third-order valence-electron chi connectivity index (χ3n) is 1.76. The second kappa shape index (κ2) is 5.41. The summed E-state index contributed by atoms with van der Waals surface area (Å²) in [7, 11) is -3.34. The van der Waals surface area contributed by atoms with Crippen LogP contribution >= 0.6 is 11.3 Å². The molecule has 0 saturated carbocycles. The largest absolute Gasteiger partial charge is 0.387 e. The van der Waals surface area contributed by atoms with Crippen LogP contribution in [0.15, 0.2) is 29.5 Å². The summed E-state index contributed by atoms with van der Waals surface area (Å²) in [5.74, 6) is -0.136. The highest BCUT2D eigenvalue weighted by Crippen LogP contribution is 2.15. The van der Waals surface area contributed by atoms with Gasteiger partial charge in [-0.05, 0) is 22.4 Å². The molecule has 0 aliphatic heterocycles. The summed E-state index contributed by atoms with van der Waals surface area (Å²) in [6.45, 7) is 3.34. The lowest BCUT2D eigenvalue weighted by Crippen LogP contribution is -2.29. The molecular weight excluding hydrogens is 234 g/mol. The minimum Gasteiger partial charge on any atom is -0.387 e. The molecule has 1 aromatic rings. The molecule has 84 valence electrons. The van der Waals surface area contributed by atoms with Crippen LogP contribution in [0.5, 0.6) is 0 Å². The van der Waals surface area contributed by atoms with E-state index < -0.39 is 16.1 Å². The number of thiophene rings is 1. The summed E-state index contributed by atoms with van der Waals surface area (Å²) in [6, 6.07) is 1.76. The number of aliphatic hydroxyl groups excluding tert-OH is 1. The molecule has 1 heterocycles. The highest BCUT2D eigenvalue weighted by atomic mass is 32.2. The summed E-state index contributed by atoms with van der Waals surface area (Å²) in [5, 5.41) is 13.2. The molecule has 1 unspecified atom stereocenters. The van der Waals surface area contributed by atoms with Crippen LogP contribution in [0.4, 0.5) is 0 Å². The van der Waals surface area contributed by atoms with Crippen LogP contribution in [0.2, 0.25) is 0 Å². The van der Waals surface area contributed by atoms with Gasteiger partial charge < -0.3 is 5.11 Å². The third kappa shape index (κ3) is 4.13. The van der Waals surface area contributed by atoms with E-state index in [1.807, 2.05) is 5.38 Å². The van der Waals surface area contributed by atoms with Gasteiger partial charge in [-0.3, -0.25) is 0 Å². The average Bonchev–Trinajstić information content (AvgIpc) is 2.67. The first kappa shape index (κ1) is 12.4. The van der Waals surface area contributed by atoms with Crippen LogP contribution in [0, 0.1) is 0 Å². The first-order chi connectivity index (χ1) is 7.05. The van der Waals surface area contributed by atoms with Crippen LogP contribution in [-0.4, -0.2) is 25.8 Å². The van der Waals surface area contributed by atoms with E-state index in [0.717, 1.165) is 5.56 Å². The smallest absolute Gasteiger partial charge is 0.215 e. The summed E-state index contributed by atoms with van der Waals surface area (Å²) in [6.07, 6.45) is 0.509.